The highest BCUT2D eigenvalue weighted by Crippen LogP contribution is 2.15. The van der Waals surface area contributed by atoms with Crippen molar-refractivity contribution >= 4 is 0 Å². The van der Waals surface area contributed by atoms with E-state index < -0.39 is 11.8 Å². The fraction of sp³-hybridized carbons (Fsp3) is 0.545. The molecule has 0 aliphatic heterocycles. The van der Waals surface area contributed by atoms with E-state index in [1.54, 1.807) is 6.08 Å². The van der Waals surface area contributed by atoms with Gasteiger partial charge in [-0.15, -0.1) is 6.58 Å². The van der Waals surface area contributed by atoms with Gasteiger partial charge in [0, 0.05) is 0 Å². The molecule has 84 valence electrons. The molecule has 1 aromatic rings. The second-order valence-corrected chi connectivity index (χ2v) is 3.58. The van der Waals surface area contributed by atoms with Crippen LogP contribution in [0.5, 0.6) is 0 Å². The van der Waals surface area contributed by atoms with Gasteiger partial charge in [0.2, 0.25) is 0 Å². The van der Waals surface area contributed by atoms with Gasteiger partial charge in [0.1, 0.15) is 5.76 Å². The van der Waals surface area contributed by atoms with Gasteiger partial charge in [-0.2, -0.15) is 0 Å². The highest BCUT2D eigenvalue weighted by Gasteiger charge is 2.14. The third-order valence-electron chi connectivity index (χ3n) is 2.34. The van der Waals surface area contributed by atoms with Gasteiger partial charge in [-0.3, -0.25) is 4.98 Å². The van der Waals surface area contributed by atoms with Crippen molar-refractivity contribution in [2.45, 2.75) is 38.6 Å². The van der Waals surface area contributed by atoms with Crippen molar-refractivity contribution in [1.82, 2.24) is 4.98 Å². The first-order chi connectivity index (χ1) is 7.19. The van der Waals surface area contributed by atoms with Crippen LogP contribution in [-0.4, -0.2) is 4.98 Å². The van der Waals surface area contributed by atoms with E-state index in [9.17, 15) is 4.79 Å². The number of nitrogens with two attached hydrogens (primary N) is 1. The molecule has 0 spiro atoms. The third-order valence-corrected chi connectivity index (χ3v) is 2.34. The van der Waals surface area contributed by atoms with Crippen LogP contribution in [0.3, 0.4) is 0 Å². The van der Waals surface area contributed by atoms with Crippen LogP contribution in [0.4, 0.5) is 0 Å². The number of aryl methyl sites for hydroxylation is 1. The van der Waals surface area contributed by atoms with E-state index in [2.05, 4.69) is 18.5 Å². The van der Waals surface area contributed by atoms with Crippen molar-refractivity contribution in [3.8, 4) is 0 Å². The zero-order chi connectivity index (χ0) is 11.3. The first-order valence-corrected chi connectivity index (χ1v) is 5.29. The molecule has 1 unspecified atom stereocenters. The summed E-state index contributed by atoms with van der Waals surface area (Å²) < 4.78 is 4.99. The zero-order valence-electron chi connectivity index (χ0n) is 9.08. The van der Waals surface area contributed by atoms with E-state index in [4.69, 9.17) is 10.2 Å². The van der Waals surface area contributed by atoms with E-state index in [-0.39, 0.29) is 0 Å². The van der Waals surface area contributed by atoms with Crippen molar-refractivity contribution in [2.75, 3.05) is 0 Å². The lowest BCUT2D eigenvalue weighted by Gasteiger charge is -2.04. The Morgan fingerprint density at radius 2 is 2.33 bits per heavy atom. The molecule has 1 atom stereocenters. The topological polar surface area (TPSA) is 72.0 Å². The molecule has 4 nitrogen and oxygen atoms in total. The van der Waals surface area contributed by atoms with Crippen LogP contribution >= 0.6 is 0 Å². The van der Waals surface area contributed by atoms with Crippen molar-refractivity contribution in [1.29, 1.82) is 0 Å². The smallest absolute Gasteiger partial charge is 0.411 e. The zero-order valence-corrected chi connectivity index (χ0v) is 9.08. The van der Waals surface area contributed by atoms with Gasteiger partial charge < -0.3 is 10.2 Å². The minimum Gasteiger partial charge on any atom is -0.411 e. The van der Waals surface area contributed by atoms with E-state index in [0.717, 1.165) is 31.4 Å². The molecule has 1 aromatic heterocycles. The molecule has 15 heavy (non-hydrogen) atoms. The summed E-state index contributed by atoms with van der Waals surface area (Å²) in [7, 11) is 0. The summed E-state index contributed by atoms with van der Waals surface area (Å²) >= 11 is 0. The molecule has 1 heterocycles. The minimum absolute atomic E-state index is 0.402. The maximum absolute atomic E-state index is 11.1. The largest absolute Gasteiger partial charge is 0.416 e. The molecule has 0 bridgehead atoms. The number of rotatable bonds is 6. The second kappa shape index (κ2) is 5.56. The van der Waals surface area contributed by atoms with Crippen LogP contribution in [0.2, 0.25) is 0 Å². The fourth-order valence-electron chi connectivity index (χ4n) is 1.49. The molecule has 0 aliphatic rings. The lowest BCUT2D eigenvalue weighted by molar-refractivity contribution is 0.454. The van der Waals surface area contributed by atoms with E-state index >= 15 is 0 Å². The number of nitrogens with one attached hydrogen (secondary N) is 1. The normalized spacial score (nSPS) is 12.7. The molecule has 4 heteroatoms. The number of oxazole rings is 1. The molecule has 0 radical (unpaired) electrons. The molecule has 0 saturated carbocycles. The van der Waals surface area contributed by atoms with Gasteiger partial charge >= 0.3 is 5.76 Å². The number of unbranched alkanes of at least 4 members (excludes halogenated alkanes) is 2. The number of H-pyrrole nitrogens is 1. The Balaban J connectivity index is 2.77. The Morgan fingerprint density at radius 1 is 1.60 bits per heavy atom. The average Bonchev–Trinajstić information content (AvgIpc) is 2.59. The number of aromatic nitrogens is 1. The van der Waals surface area contributed by atoms with Crippen molar-refractivity contribution < 1.29 is 4.42 Å². The van der Waals surface area contributed by atoms with Crippen LogP contribution in [-0.2, 0) is 6.42 Å². The first-order valence-electron chi connectivity index (χ1n) is 5.29. The average molecular weight is 210 g/mol. The second-order valence-electron chi connectivity index (χ2n) is 3.58. The maximum Gasteiger partial charge on any atom is 0.416 e. The Bertz CT molecular complexity index is 365. The summed E-state index contributed by atoms with van der Waals surface area (Å²) in [6.45, 7) is 5.72. The summed E-state index contributed by atoms with van der Waals surface area (Å²) in [6.07, 6.45) is 5.68. The Kier molecular flexibility index (Phi) is 4.37. The molecular weight excluding hydrogens is 192 g/mol. The molecular formula is C11H18N2O2. The molecule has 0 amide bonds. The predicted octanol–water partition coefficient (Wildman–Crippen LogP) is 1.89. The third kappa shape index (κ3) is 3.09. The Hall–Kier alpha value is -1.29. The van der Waals surface area contributed by atoms with E-state index in [1.165, 1.54) is 0 Å². The Labute approximate surface area is 89.2 Å². The van der Waals surface area contributed by atoms with Gasteiger partial charge in [0.15, 0.2) is 0 Å². The molecule has 0 saturated heterocycles. The Morgan fingerprint density at radius 3 is 2.93 bits per heavy atom. The summed E-state index contributed by atoms with van der Waals surface area (Å²) in [5, 5.41) is 0. The van der Waals surface area contributed by atoms with E-state index in [0.29, 0.717) is 5.76 Å². The van der Waals surface area contributed by atoms with Crippen LogP contribution in [0.25, 0.3) is 0 Å². The first kappa shape index (κ1) is 11.8. The summed E-state index contributed by atoms with van der Waals surface area (Å²) in [6, 6.07) is -0.402. The quantitative estimate of drug-likeness (QED) is 0.556. The molecule has 0 aromatic carbocycles. The number of aromatic amines is 1. The van der Waals surface area contributed by atoms with Crippen molar-refractivity contribution in [2.24, 2.45) is 5.73 Å². The lowest BCUT2D eigenvalue weighted by atomic mass is 10.1. The fourth-order valence-corrected chi connectivity index (χ4v) is 1.49. The molecule has 0 aliphatic carbocycles. The van der Waals surface area contributed by atoms with Crippen molar-refractivity contribution in [3.05, 3.63) is 34.7 Å². The minimum atomic E-state index is -0.436. The van der Waals surface area contributed by atoms with E-state index in [1.807, 2.05) is 0 Å². The molecule has 3 N–H and O–H groups in total. The standard InChI is InChI=1S/C11H18N2O2/c1-3-5-6-7-9-10(8(12)4-2)15-11(14)13-9/h4,8H,2-3,5-7,12H2,1H3,(H,13,14). The lowest BCUT2D eigenvalue weighted by Crippen LogP contribution is -2.08. The highest BCUT2D eigenvalue weighted by molar-refractivity contribution is 5.15. The van der Waals surface area contributed by atoms with Gasteiger partial charge in [-0.25, -0.2) is 4.79 Å². The van der Waals surface area contributed by atoms with Gasteiger partial charge in [0.25, 0.3) is 0 Å². The van der Waals surface area contributed by atoms with Gasteiger partial charge in [-0.05, 0) is 12.8 Å². The summed E-state index contributed by atoms with van der Waals surface area (Å²) in [4.78, 5) is 13.7. The SMILES string of the molecule is C=CC(N)c1oc(=O)[nH]c1CCCCC. The summed E-state index contributed by atoms with van der Waals surface area (Å²) in [5.41, 5.74) is 6.55. The van der Waals surface area contributed by atoms with Crippen LogP contribution in [0.1, 0.15) is 43.7 Å². The number of hydrogen-bond donors (Lipinski definition) is 2. The van der Waals surface area contributed by atoms with Crippen LogP contribution in [0, 0.1) is 0 Å². The monoisotopic (exact) mass is 210 g/mol. The van der Waals surface area contributed by atoms with Crippen LogP contribution < -0.4 is 11.5 Å². The molecule has 0 fully saturated rings. The molecule has 1 rings (SSSR count). The van der Waals surface area contributed by atoms with Crippen LogP contribution in [0.15, 0.2) is 21.9 Å². The number of hydrogen-bond acceptors (Lipinski definition) is 3. The summed E-state index contributed by atoms with van der Waals surface area (Å²) in [5.74, 6) is 0.0832. The maximum atomic E-state index is 11.1. The predicted molar refractivity (Wildman–Crippen MR) is 59.7 cm³/mol. The highest BCUT2D eigenvalue weighted by atomic mass is 16.4. The van der Waals surface area contributed by atoms with Gasteiger partial charge in [0.05, 0.1) is 11.7 Å². The van der Waals surface area contributed by atoms with Crippen molar-refractivity contribution in [3.63, 3.8) is 0 Å². The van der Waals surface area contributed by atoms with Gasteiger partial charge in [-0.1, -0.05) is 25.8 Å².